The highest BCUT2D eigenvalue weighted by Gasteiger charge is 2.11. The molecule has 0 bridgehead atoms. The van der Waals surface area contributed by atoms with E-state index in [0.717, 1.165) is 5.76 Å². The maximum absolute atomic E-state index is 11.4. The fraction of sp³-hybridized carbons (Fsp3) is 0.250. The van der Waals surface area contributed by atoms with E-state index in [4.69, 9.17) is 4.42 Å². The molecule has 0 fully saturated rings. The molecule has 0 aliphatic heterocycles. The Kier molecular flexibility index (Phi) is 3.57. The minimum absolute atomic E-state index is 0.0412. The minimum Gasteiger partial charge on any atom is -0.467 e. The third kappa shape index (κ3) is 2.85. The van der Waals surface area contributed by atoms with Crippen molar-refractivity contribution in [3.8, 4) is 0 Å². The standard InChI is InChI=1S/C12H13N3O3/c1-8-6-10(13-7-9-4-3-5-18-9)15-11(14-8)12(16)17-2/h3-6H,7H2,1-2H3,(H,13,14,15). The van der Waals surface area contributed by atoms with E-state index >= 15 is 0 Å². The van der Waals surface area contributed by atoms with Gasteiger partial charge in [0.15, 0.2) is 0 Å². The lowest BCUT2D eigenvalue weighted by molar-refractivity contribution is 0.0586. The molecule has 0 atom stereocenters. The Morgan fingerprint density at radius 3 is 3.00 bits per heavy atom. The van der Waals surface area contributed by atoms with Gasteiger partial charge in [-0.1, -0.05) is 0 Å². The molecule has 6 nitrogen and oxygen atoms in total. The maximum atomic E-state index is 11.4. The number of hydrogen-bond donors (Lipinski definition) is 1. The Balaban J connectivity index is 2.12. The van der Waals surface area contributed by atoms with Crippen molar-refractivity contribution in [1.82, 2.24) is 9.97 Å². The quantitative estimate of drug-likeness (QED) is 0.830. The molecule has 18 heavy (non-hydrogen) atoms. The van der Waals surface area contributed by atoms with Gasteiger partial charge in [-0.15, -0.1) is 0 Å². The van der Waals surface area contributed by atoms with E-state index in [1.54, 1.807) is 19.3 Å². The van der Waals surface area contributed by atoms with E-state index in [0.29, 0.717) is 18.1 Å². The number of hydrogen-bond acceptors (Lipinski definition) is 6. The first-order valence-corrected chi connectivity index (χ1v) is 5.39. The molecule has 0 aliphatic carbocycles. The summed E-state index contributed by atoms with van der Waals surface area (Å²) in [5, 5.41) is 3.05. The van der Waals surface area contributed by atoms with Gasteiger partial charge in [0.1, 0.15) is 11.6 Å². The molecule has 94 valence electrons. The second kappa shape index (κ2) is 5.31. The summed E-state index contributed by atoms with van der Waals surface area (Å²) in [7, 11) is 1.30. The molecule has 0 aromatic carbocycles. The zero-order valence-electron chi connectivity index (χ0n) is 10.1. The van der Waals surface area contributed by atoms with Crippen LogP contribution in [0.4, 0.5) is 5.82 Å². The number of rotatable bonds is 4. The molecule has 0 aliphatic rings. The van der Waals surface area contributed by atoms with Crippen LogP contribution >= 0.6 is 0 Å². The number of carbonyl (C=O) groups is 1. The number of carbonyl (C=O) groups excluding carboxylic acids is 1. The largest absolute Gasteiger partial charge is 0.467 e. The van der Waals surface area contributed by atoms with Crippen LogP contribution in [0.2, 0.25) is 0 Å². The second-order valence-corrected chi connectivity index (χ2v) is 3.64. The van der Waals surface area contributed by atoms with Crippen LogP contribution in [0.5, 0.6) is 0 Å². The van der Waals surface area contributed by atoms with E-state index in [-0.39, 0.29) is 5.82 Å². The van der Waals surface area contributed by atoms with E-state index in [1.807, 2.05) is 12.1 Å². The first-order chi connectivity index (χ1) is 8.69. The lowest BCUT2D eigenvalue weighted by Gasteiger charge is -2.06. The molecule has 0 unspecified atom stereocenters. The summed E-state index contributed by atoms with van der Waals surface area (Å²) in [5.41, 5.74) is 0.687. The SMILES string of the molecule is COC(=O)c1nc(C)cc(NCc2ccco2)n1. The number of aryl methyl sites for hydroxylation is 1. The van der Waals surface area contributed by atoms with Crippen molar-refractivity contribution >= 4 is 11.8 Å². The number of nitrogens with zero attached hydrogens (tertiary/aromatic N) is 2. The van der Waals surface area contributed by atoms with Crippen LogP contribution in [0.15, 0.2) is 28.9 Å². The fourth-order valence-corrected chi connectivity index (χ4v) is 1.43. The van der Waals surface area contributed by atoms with Crippen LogP contribution in [-0.4, -0.2) is 23.0 Å². The van der Waals surface area contributed by atoms with Crippen LogP contribution < -0.4 is 5.32 Å². The van der Waals surface area contributed by atoms with Gasteiger partial charge in [-0.2, -0.15) is 0 Å². The van der Waals surface area contributed by atoms with Crippen molar-refractivity contribution < 1.29 is 13.9 Å². The smallest absolute Gasteiger partial charge is 0.376 e. The van der Waals surface area contributed by atoms with Crippen molar-refractivity contribution in [1.29, 1.82) is 0 Å². The van der Waals surface area contributed by atoms with Gasteiger partial charge in [-0.05, 0) is 19.1 Å². The third-order valence-electron chi connectivity index (χ3n) is 2.25. The van der Waals surface area contributed by atoms with Gasteiger partial charge < -0.3 is 14.5 Å². The summed E-state index contributed by atoms with van der Waals surface area (Å²) < 4.78 is 9.77. The van der Waals surface area contributed by atoms with Gasteiger partial charge >= 0.3 is 5.97 Å². The van der Waals surface area contributed by atoms with Gasteiger partial charge in [0.2, 0.25) is 5.82 Å². The van der Waals surface area contributed by atoms with Crippen LogP contribution in [0, 0.1) is 6.92 Å². The molecule has 2 aromatic heterocycles. The molecular formula is C12H13N3O3. The highest BCUT2D eigenvalue weighted by atomic mass is 16.5. The molecular weight excluding hydrogens is 234 g/mol. The summed E-state index contributed by atoms with van der Waals surface area (Å²) in [4.78, 5) is 19.4. The highest BCUT2D eigenvalue weighted by molar-refractivity contribution is 5.85. The van der Waals surface area contributed by atoms with Crippen LogP contribution in [-0.2, 0) is 11.3 Å². The number of aromatic nitrogens is 2. The Morgan fingerprint density at radius 1 is 1.50 bits per heavy atom. The van der Waals surface area contributed by atoms with Gasteiger partial charge in [0.05, 0.1) is 19.9 Å². The fourth-order valence-electron chi connectivity index (χ4n) is 1.43. The highest BCUT2D eigenvalue weighted by Crippen LogP contribution is 2.09. The molecule has 2 aromatic rings. The number of esters is 1. The predicted octanol–water partition coefficient (Wildman–Crippen LogP) is 1.78. The molecule has 6 heteroatoms. The number of nitrogens with one attached hydrogen (secondary N) is 1. The Morgan fingerprint density at radius 2 is 2.33 bits per heavy atom. The van der Waals surface area contributed by atoms with Gasteiger partial charge in [0.25, 0.3) is 0 Å². The van der Waals surface area contributed by atoms with Crippen molar-refractivity contribution in [2.75, 3.05) is 12.4 Å². The van der Waals surface area contributed by atoms with Crippen molar-refractivity contribution in [3.63, 3.8) is 0 Å². The number of anilines is 1. The summed E-state index contributed by atoms with van der Waals surface area (Å²) >= 11 is 0. The van der Waals surface area contributed by atoms with E-state index in [1.165, 1.54) is 7.11 Å². The van der Waals surface area contributed by atoms with E-state index in [2.05, 4.69) is 20.0 Å². The Hall–Kier alpha value is -2.37. The second-order valence-electron chi connectivity index (χ2n) is 3.64. The summed E-state index contributed by atoms with van der Waals surface area (Å²) in [6.07, 6.45) is 1.60. The van der Waals surface area contributed by atoms with Gasteiger partial charge in [-0.25, -0.2) is 14.8 Å². The van der Waals surface area contributed by atoms with Crippen molar-refractivity contribution in [3.05, 3.63) is 41.7 Å². The molecule has 0 amide bonds. The summed E-state index contributed by atoms with van der Waals surface area (Å²) in [6, 6.07) is 5.40. The normalized spacial score (nSPS) is 10.1. The zero-order chi connectivity index (χ0) is 13.0. The van der Waals surface area contributed by atoms with E-state index < -0.39 is 5.97 Å². The summed E-state index contributed by atoms with van der Waals surface area (Å²) in [6.45, 7) is 2.27. The van der Waals surface area contributed by atoms with Crippen LogP contribution in [0.3, 0.4) is 0 Å². The topological polar surface area (TPSA) is 77.2 Å². The molecule has 0 spiro atoms. The van der Waals surface area contributed by atoms with Crippen molar-refractivity contribution in [2.45, 2.75) is 13.5 Å². The first-order valence-electron chi connectivity index (χ1n) is 5.39. The van der Waals surface area contributed by atoms with Crippen LogP contribution in [0.1, 0.15) is 22.1 Å². The maximum Gasteiger partial charge on any atom is 0.376 e. The molecule has 2 rings (SSSR count). The predicted molar refractivity (Wildman–Crippen MR) is 64.1 cm³/mol. The average Bonchev–Trinajstić information content (AvgIpc) is 2.88. The molecule has 0 saturated heterocycles. The van der Waals surface area contributed by atoms with Crippen molar-refractivity contribution in [2.24, 2.45) is 0 Å². The van der Waals surface area contributed by atoms with Crippen LogP contribution in [0.25, 0.3) is 0 Å². The Bertz CT molecular complexity index is 538. The average molecular weight is 247 g/mol. The molecule has 0 saturated carbocycles. The summed E-state index contributed by atoms with van der Waals surface area (Å²) in [5.74, 6) is 0.823. The zero-order valence-corrected chi connectivity index (χ0v) is 10.1. The first kappa shape index (κ1) is 12.1. The number of methoxy groups -OCH3 is 1. The number of ether oxygens (including phenoxy) is 1. The minimum atomic E-state index is -0.556. The van der Waals surface area contributed by atoms with Gasteiger partial charge in [0, 0.05) is 11.8 Å². The van der Waals surface area contributed by atoms with Gasteiger partial charge in [-0.3, -0.25) is 0 Å². The molecule has 1 N–H and O–H groups in total. The van der Waals surface area contributed by atoms with E-state index in [9.17, 15) is 4.79 Å². The monoisotopic (exact) mass is 247 g/mol. The third-order valence-corrected chi connectivity index (χ3v) is 2.25. The lowest BCUT2D eigenvalue weighted by atomic mass is 10.4. The number of furan rings is 1. The molecule has 2 heterocycles. The Labute approximate surface area is 104 Å². The molecule has 0 radical (unpaired) electrons. The lowest BCUT2D eigenvalue weighted by Crippen LogP contribution is -2.11.